The van der Waals surface area contributed by atoms with Crippen LogP contribution in [0.5, 0.6) is 0 Å². The van der Waals surface area contributed by atoms with Crippen LogP contribution in [0.25, 0.3) is 5.69 Å². The number of likely N-dealkylation sites (N-methyl/N-ethyl adjacent to an activating group) is 1. The number of hydrogen-bond donors (Lipinski definition) is 2. The van der Waals surface area contributed by atoms with Gasteiger partial charge in [0.25, 0.3) is 5.91 Å². The summed E-state index contributed by atoms with van der Waals surface area (Å²) in [5.41, 5.74) is 0.758. The van der Waals surface area contributed by atoms with Crippen molar-refractivity contribution in [2.45, 2.75) is 38.6 Å². The molecule has 128 valence electrons. The first-order valence-electron chi connectivity index (χ1n) is 8.33. The lowest BCUT2D eigenvalue weighted by Crippen LogP contribution is -2.39. The molecule has 3 rings (SSSR count). The predicted octanol–water partition coefficient (Wildman–Crippen LogP) is 2.53. The molecule has 0 radical (unpaired) electrons. The summed E-state index contributed by atoms with van der Waals surface area (Å²) in [6, 6.07) is 7.67. The molecule has 7 heteroatoms. The summed E-state index contributed by atoms with van der Waals surface area (Å²) >= 11 is 6.28. The lowest BCUT2D eigenvalue weighted by Gasteiger charge is -2.11. The minimum absolute atomic E-state index is 0.195. The number of para-hydroxylation sites is 1. The van der Waals surface area contributed by atoms with Crippen molar-refractivity contribution in [1.29, 1.82) is 0 Å². The Hall–Kier alpha value is -1.92. The average molecular weight is 348 g/mol. The molecule has 1 saturated carbocycles. The molecule has 1 heterocycles. The standard InChI is InChI=1S/C17H22ClN5O/c1-3-19-11(2)10-20-17(24)15-21-16(12-8-9-12)23(22-15)14-7-5-4-6-13(14)18/h4-7,11-12,19H,3,8-10H2,1-2H3,(H,20,24)/t11-/m1/s1. The van der Waals surface area contributed by atoms with Gasteiger partial charge >= 0.3 is 0 Å². The topological polar surface area (TPSA) is 71.8 Å². The molecular weight excluding hydrogens is 326 g/mol. The van der Waals surface area contributed by atoms with Crippen LogP contribution < -0.4 is 10.6 Å². The van der Waals surface area contributed by atoms with Gasteiger partial charge in [0, 0.05) is 18.5 Å². The number of nitrogens with one attached hydrogen (secondary N) is 2. The molecular formula is C17H22ClN5O. The van der Waals surface area contributed by atoms with Crippen molar-refractivity contribution in [2.24, 2.45) is 0 Å². The van der Waals surface area contributed by atoms with Crippen molar-refractivity contribution in [3.05, 3.63) is 40.9 Å². The number of amides is 1. The fraction of sp³-hybridized carbons (Fsp3) is 0.471. The second-order valence-corrected chi connectivity index (χ2v) is 6.51. The fourth-order valence-electron chi connectivity index (χ4n) is 2.57. The second kappa shape index (κ2) is 7.32. The van der Waals surface area contributed by atoms with E-state index < -0.39 is 0 Å². The van der Waals surface area contributed by atoms with E-state index in [-0.39, 0.29) is 17.8 Å². The third-order valence-corrected chi connectivity index (χ3v) is 4.30. The molecule has 24 heavy (non-hydrogen) atoms. The first-order chi connectivity index (χ1) is 11.6. The van der Waals surface area contributed by atoms with E-state index in [0.29, 0.717) is 17.5 Å². The van der Waals surface area contributed by atoms with Crippen LogP contribution in [0.3, 0.4) is 0 Å². The summed E-state index contributed by atoms with van der Waals surface area (Å²) in [6.45, 7) is 5.45. The number of hydrogen-bond acceptors (Lipinski definition) is 4. The van der Waals surface area contributed by atoms with Crippen molar-refractivity contribution in [1.82, 2.24) is 25.4 Å². The number of rotatable bonds is 7. The van der Waals surface area contributed by atoms with Crippen LogP contribution >= 0.6 is 11.6 Å². The van der Waals surface area contributed by atoms with Gasteiger partial charge in [-0.25, -0.2) is 9.67 Å². The van der Waals surface area contributed by atoms with Crippen LogP contribution in [-0.4, -0.2) is 39.8 Å². The van der Waals surface area contributed by atoms with Gasteiger partial charge in [0.2, 0.25) is 5.82 Å². The van der Waals surface area contributed by atoms with Crippen LogP contribution in [0.15, 0.2) is 24.3 Å². The molecule has 0 bridgehead atoms. The highest BCUT2D eigenvalue weighted by molar-refractivity contribution is 6.32. The van der Waals surface area contributed by atoms with Crippen molar-refractivity contribution >= 4 is 17.5 Å². The van der Waals surface area contributed by atoms with Crippen molar-refractivity contribution in [2.75, 3.05) is 13.1 Å². The molecule has 1 amide bonds. The zero-order chi connectivity index (χ0) is 17.1. The highest BCUT2D eigenvalue weighted by Crippen LogP contribution is 2.40. The van der Waals surface area contributed by atoms with Gasteiger partial charge in [0.1, 0.15) is 5.82 Å². The molecule has 0 unspecified atom stereocenters. The van der Waals surface area contributed by atoms with Crippen LogP contribution in [0.4, 0.5) is 0 Å². The first-order valence-corrected chi connectivity index (χ1v) is 8.71. The Morgan fingerprint density at radius 1 is 1.42 bits per heavy atom. The largest absolute Gasteiger partial charge is 0.348 e. The molecule has 1 fully saturated rings. The Bertz CT molecular complexity index is 726. The van der Waals surface area contributed by atoms with Gasteiger partial charge in [-0.2, -0.15) is 0 Å². The van der Waals surface area contributed by atoms with Gasteiger partial charge in [-0.15, -0.1) is 5.10 Å². The molecule has 0 saturated heterocycles. The third kappa shape index (κ3) is 3.76. The van der Waals surface area contributed by atoms with Gasteiger partial charge in [0.15, 0.2) is 0 Å². The van der Waals surface area contributed by atoms with E-state index in [4.69, 9.17) is 11.6 Å². The number of carbonyl (C=O) groups is 1. The number of aromatic nitrogens is 3. The zero-order valence-corrected chi connectivity index (χ0v) is 14.7. The van der Waals surface area contributed by atoms with Gasteiger partial charge in [0.05, 0.1) is 10.7 Å². The predicted molar refractivity (Wildman–Crippen MR) is 93.8 cm³/mol. The quantitative estimate of drug-likeness (QED) is 0.807. The third-order valence-electron chi connectivity index (χ3n) is 3.98. The van der Waals surface area contributed by atoms with Gasteiger partial charge in [-0.05, 0) is 38.4 Å². The van der Waals surface area contributed by atoms with Gasteiger partial charge < -0.3 is 10.6 Å². The van der Waals surface area contributed by atoms with Crippen LogP contribution in [-0.2, 0) is 0 Å². The normalized spacial score (nSPS) is 15.3. The van der Waals surface area contributed by atoms with E-state index in [1.165, 1.54) is 0 Å². The molecule has 0 spiro atoms. The number of carbonyl (C=O) groups excluding carboxylic acids is 1. The van der Waals surface area contributed by atoms with Crippen LogP contribution in [0.1, 0.15) is 49.1 Å². The Morgan fingerprint density at radius 2 is 2.17 bits per heavy atom. The molecule has 1 aliphatic carbocycles. The van der Waals surface area contributed by atoms with E-state index in [1.54, 1.807) is 4.68 Å². The summed E-state index contributed by atoms with van der Waals surface area (Å²) in [6.07, 6.45) is 2.14. The smallest absolute Gasteiger partial charge is 0.291 e. The number of benzene rings is 1. The Kier molecular flexibility index (Phi) is 5.16. The summed E-state index contributed by atoms with van der Waals surface area (Å²) in [7, 11) is 0. The Labute approximate surface area is 146 Å². The van der Waals surface area contributed by atoms with Crippen molar-refractivity contribution in [3.63, 3.8) is 0 Å². The maximum atomic E-state index is 12.4. The van der Waals surface area contributed by atoms with Crippen molar-refractivity contribution < 1.29 is 4.79 Å². The lowest BCUT2D eigenvalue weighted by molar-refractivity contribution is 0.0940. The summed E-state index contributed by atoms with van der Waals surface area (Å²) in [5.74, 6) is 1.11. The molecule has 1 aromatic carbocycles. The minimum atomic E-state index is -0.257. The lowest BCUT2D eigenvalue weighted by atomic mass is 10.3. The maximum absolute atomic E-state index is 12.4. The fourth-order valence-corrected chi connectivity index (χ4v) is 2.79. The molecule has 6 nitrogen and oxygen atoms in total. The molecule has 1 atom stereocenters. The minimum Gasteiger partial charge on any atom is -0.348 e. The Balaban J connectivity index is 1.82. The first kappa shape index (κ1) is 16.9. The highest BCUT2D eigenvalue weighted by atomic mass is 35.5. The van der Waals surface area contributed by atoms with E-state index in [0.717, 1.165) is 30.9 Å². The van der Waals surface area contributed by atoms with E-state index >= 15 is 0 Å². The highest BCUT2D eigenvalue weighted by Gasteiger charge is 2.32. The average Bonchev–Trinajstić information content (AvgIpc) is 3.32. The number of halogens is 1. The Morgan fingerprint density at radius 3 is 2.83 bits per heavy atom. The summed E-state index contributed by atoms with van der Waals surface area (Å²) in [4.78, 5) is 16.8. The summed E-state index contributed by atoms with van der Waals surface area (Å²) in [5, 5.41) is 11.1. The maximum Gasteiger partial charge on any atom is 0.291 e. The van der Waals surface area contributed by atoms with Crippen LogP contribution in [0, 0.1) is 0 Å². The molecule has 2 aromatic rings. The van der Waals surface area contributed by atoms with E-state index in [2.05, 4.69) is 20.7 Å². The van der Waals surface area contributed by atoms with E-state index in [9.17, 15) is 4.79 Å². The second-order valence-electron chi connectivity index (χ2n) is 6.10. The van der Waals surface area contributed by atoms with Crippen molar-refractivity contribution in [3.8, 4) is 5.69 Å². The monoisotopic (exact) mass is 347 g/mol. The zero-order valence-electron chi connectivity index (χ0n) is 13.9. The van der Waals surface area contributed by atoms with Gasteiger partial charge in [-0.3, -0.25) is 4.79 Å². The summed E-state index contributed by atoms with van der Waals surface area (Å²) < 4.78 is 1.71. The molecule has 2 N–H and O–H groups in total. The SMILES string of the molecule is CCN[C@H](C)CNC(=O)c1nc(C2CC2)n(-c2ccccc2Cl)n1. The molecule has 1 aliphatic rings. The van der Waals surface area contributed by atoms with E-state index in [1.807, 2.05) is 38.1 Å². The molecule has 0 aliphatic heterocycles. The molecule has 1 aromatic heterocycles. The van der Waals surface area contributed by atoms with Crippen LogP contribution in [0.2, 0.25) is 5.02 Å². The van der Waals surface area contributed by atoms with Gasteiger partial charge in [-0.1, -0.05) is 30.7 Å². The number of nitrogens with zero attached hydrogens (tertiary/aromatic N) is 3.